The number of anilines is 1. The van der Waals surface area contributed by atoms with E-state index in [1.165, 1.54) is 0 Å². The van der Waals surface area contributed by atoms with Gasteiger partial charge in [-0.15, -0.1) is 0 Å². The van der Waals surface area contributed by atoms with Gasteiger partial charge in [0.25, 0.3) is 0 Å². The third kappa shape index (κ3) is 2.77. The smallest absolute Gasteiger partial charge is 0.230 e. The molecular formula is C20H24N4O. The molecule has 5 heteroatoms. The predicted molar refractivity (Wildman–Crippen MR) is 97.5 cm³/mol. The Balaban J connectivity index is 1.51. The third-order valence-electron chi connectivity index (χ3n) is 5.93. The van der Waals surface area contributed by atoms with Crippen LogP contribution in [0.1, 0.15) is 36.4 Å². The fraction of sp³-hybridized carbons (Fsp3) is 0.450. The SMILES string of the molecule is Cc1cc(N2CCC3(CC2)CC(c2ccccc2)C(=O)N3C)ncn1. The van der Waals surface area contributed by atoms with E-state index in [1.807, 2.05) is 43.1 Å². The molecule has 4 rings (SSSR count). The molecule has 0 saturated carbocycles. The first kappa shape index (κ1) is 16.1. The van der Waals surface area contributed by atoms with Crippen LogP contribution in [0.2, 0.25) is 0 Å². The van der Waals surface area contributed by atoms with Crippen LogP contribution in [0.3, 0.4) is 0 Å². The molecule has 1 aromatic carbocycles. The van der Waals surface area contributed by atoms with Gasteiger partial charge in [-0.05, 0) is 31.7 Å². The van der Waals surface area contributed by atoms with Gasteiger partial charge < -0.3 is 9.80 Å². The maximum atomic E-state index is 12.9. The van der Waals surface area contributed by atoms with Crippen molar-refractivity contribution in [3.63, 3.8) is 0 Å². The fourth-order valence-electron chi connectivity index (χ4n) is 4.32. The molecule has 2 aromatic rings. The number of carbonyl (C=O) groups excluding carboxylic acids is 1. The highest BCUT2D eigenvalue weighted by Crippen LogP contribution is 2.45. The number of likely N-dealkylation sites (tertiary alicyclic amines) is 1. The predicted octanol–water partition coefficient (Wildman–Crippen LogP) is 2.77. The van der Waals surface area contributed by atoms with Gasteiger partial charge in [0.2, 0.25) is 5.91 Å². The van der Waals surface area contributed by atoms with Crippen LogP contribution in [0, 0.1) is 6.92 Å². The van der Waals surface area contributed by atoms with E-state index >= 15 is 0 Å². The van der Waals surface area contributed by atoms with Gasteiger partial charge in [0.15, 0.2) is 0 Å². The molecule has 1 unspecified atom stereocenters. The molecule has 2 aliphatic heterocycles. The van der Waals surface area contributed by atoms with Gasteiger partial charge in [0, 0.05) is 37.4 Å². The number of piperidine rings is 1. The number of carbonyl (C=O) groups is 1. The number of aryl methyl sites for hydroxylation is 1. The molecule has 1 atom stereocenters. The fourth-order valence-corrected chi connectivity index (χ4v) is 4.32. The molecule has 0 bridgehead atoms. The molecule has 0 N–H and O–H groups in total. The Morgan fingerprint density at radius 2 is 1.84 bits per heavy atom. The van der Waals surface area contributed by atoms with E-state index < -0.39 is 0 Å². The Bertz CT molecular complexity index is 768. The van der Waals surface area contributed by atoms with Crippen LogP contribution in [0.4, 0.5) is 5.82 Å². The lowest BCUT2D eigenvalue weighted by Crippen LogP contribution is -2.51. The zero-order valence-corrected chi connectivity index (χ0v) is 14.9. The van der Waals surface area contributed by atoms with Crippen molar-refractivity contribution in [3.05, 3.63) is 54.0 Å². The van der Waals surface area contributed by atoms with E-state index in [2.05, 4.69) is 27.0 Å². The first-order valence-corrected chi connectivity index (χ1v) is 8.95. The van der Waals surface area contributed by atoms with E-state index in [1.54, 1.807) is 6.33 Å². The van der Waals surface area contributed by atoms with Gasteiger partial charge in [-0.2, -0.15) is 0 Å². The number of amides is 1. The van der Waals surface area contributed by atoms with Crippen molar-refractivity contribution in [2.75, 3.05) is 25.0 Å². The number of hydrogen-bond acceptors (Lipinski definition) is 4. The molecular weight excluding hydrogens is 312 g/mol. The van der Waals surface area contributed by atoms with Crippen LogP contribution in [0.15, 0.2) is 42.7 Å². The summed E-state index contributed by atoms with van der Waals surface area (Å²) in [6.07, 6.45) is 4.53. The highest BCUT2D eigenvalue weighted by Gasteiger charge is 2.50. The van der Waals surface area contributed by atoms with Crippen LogP contribution in [0.5, 0.6) is 0 Å². The molecule has 2 aliphatic rings. The summed E-state index contributed by atoms with van der Waals surface area (Å²) in [7, 11) is 1.98. The average molecular weight is 336 g/mol. The molecule has 25 heavy (non-hydrogen) atoms. The molecule has 0 radical (unpaired) electrons. The number of nitrogens with zero attached hydrogens (tertiary/aromatic N) is 4. The van der Waals surface area contributed by atoms with Crippen molar-refractivity contribution in [2.24, 2.45) is 0 Å². The summed E-state index contributed by atoms with van der Waals surface area (Å²) < 4.78 is 0. The van der Waals surface area contributed by atoms with Crippen LogP contribution in [0.25, 0.3) is 0 Å². The lowest BCUT2D eigenvalue weighted by Gasteiger charge is -2.43. The van der Waals surface area contributed by atoms with Crippen molar-refractivity contribution >= 4 is 11.7 Å². The van der Waals surface area contributed by atoms with Crippen LogP contribution < -0.4 is 4.90 Å². The molecule has 3 heterocycles. The van der Waals surface area contributed by atoms with E-state index in [-0.39, 0.29) is 17.4 Å². The quantitative estimate of drug-likeness (QED) is 0.846. The Kier molecular flexibility index (Phi) is 3.94. The van der Waals surface area contributed by atoms with Crippen molar-refractivity contribution in [1.82, 2.24) is 14.9 Å². The standard InChI is InChI=1S/C20H24N4O/c1-15-12-18(22-14-21-15)24-10-8-20(9-11-24)13-17(19(25)23(20)2)16-6-4-3-5-7-16/h3-7,12,14,17H,8-11,13H2,1-2H3. The Labute approximate surface area is 148 Å². The lowest BCUT2D eigenvalue weighted by molar-refractivity contribution is -0.131. The Hall–Kier alpha value is -2.43. The van der Waals surface area contributed by atoms with Gasteiger partial charge in [-0.25, -0.2) is 9.97 Å². The van der Waals surface area contributed by atoms with Gasteiger partial charge in [-0.3, -0.25) is 4.79 Å². The summed E-state index contributed by atoms with van der Waals surface area (Å²) in [6.45, 7) is 3.84. The number of benzene rings is 1. The highest BCUT2D eigenvalue weighted by molar-refractivity contribution is 5.87. The second-order valence-corrected chi connectivity index (χ2v) is 7.29. The van der Waals surface area contributed by atoms with Gasteiger partial charge >= 0.3 is 0 Å². The van der Waals surface area contributed by atoms with Crippen LogP contribution >= 0.6 is 0 Å². The number of likely N-dealkylation sites (N-methyl/N-ethyl adjacent to an activating group) is 1. The molecule has 1 aromatic heterocycles. The number of hydrogen-bond donors (Lipinski definition) is 0. The molecule has 5 nitrogen and oxygen atoms in total. The Morgan fingerprint density at radius 1 is 1.12 bits per heavy atom. The minimum atomic E-state index is -0.0177. The van der Waals surface area contributed by atoms with Crippen molar-refractivity contribution in [2.45, 2.75) is 37.6 Å². The highest BCUT2D eigenvalue weighted by atomic mass is 16.2. The van der Waals surface area contributed by atoms with Gasteiger partial charge in [-0.1, -0.05) is 30.3 Å². The zero-order valence-electron chi connectivity index (χ0n) is 14.9. The minimum Gasteiger partial charge on any atom is -0.356 e. The maximum absolute atomic E-state index is 12.9. The topological polar surface area (TPSA) is 49.3 Å². The maximum Gasteiger partial charge on any atom is 0.230 e. The Morgan fingerprint density at radius 3 is 2.52 bits per heavy atom. The van der Waals surface area contributed by atoms with Crippen LogP contribution in [-0.2, 0) is 4.79 Å². The summed E-state index contributed by atoms with van der Waals surface area (Å²) in [5.74, 6) is 1.26. The van der Waals surface area contributed by atoms with E-state index in [9.17, 15) is 4.79 Å². The number of aromatic nitrogens is 2. The second-order valence-electron chi connectivity index (χ2n) is 7.29. The van der Waals surface area contributed by atoms with E-state index in [0.717, 1.165) is 49.4 Å². The van der Waals surface area contributed by atoms with Crippen molar-refractivity contribution in [1.29, 1.82) is 0 Å². The largest absolute Gasteiger partial charge is 0.356 e. The summed E-state index contributed by atoms with van der Waals surface area (Å²) in [6, 6.07) is 12.2. The lowest BCUT2D eigenvalue weighted by atomic mass is 9.81. The first-order valence-electron chi connectivity index (χ1n) is 8.95. The summed E-state index contributed by atoms with van der Waals surface area (Å²) in [4.78, 5) is 25.8. The van der Waals surface area contributed by atoms with Crippen molar-refractivity contribution in [3.8, 4) is 0 Å². The molecule has 2 saturated heterocycles. The third-order valence-corrected chi connectivity index (χ3v) is 5.93. The van der Waals surface area contributed by atoms with Gasteiger partial charge in [0.05, 0.1) is 5.92 Å². The number of rotatable bonds is 2. The zero-order chi connectivity index (χ0) is 17.4. The molecule has 1 spiro atoms. The normalized spacial score (nSPS) is 22.6. The molecule has 2 fully saturated rings. The molecule has 130 valence electrons. The second kappa shape index (κ2) is 6.14. The summed E-state index contributed by atoms with van der Waals surface area (Å²) in [5.41, 5.74) is 2.11. The monoisotopic (exact) mass is 336 g/mol. The van der Waals surface area contributed by atoms with Crippen molar-refractivity contribution < 1.29 is 4.79 Å². The average Bonchev–Trinajstić information content (AvgIpc) is 2.89. The molecule has 0 aliphatic carbocycles. The van der Waals surface area contributed by atoms with Gasteiger partial charge in [0.1, 0.15) is 12.1 Å². The molecule has 1 amide bonds. The minimum absolute atomic E-state index is 0.000885. The van der Waals surface area contributed by atoms with Crippen LogP contribution in [-0.4, -0.2) is 46.5 Å². The first-order chi connectivity index (χ1) is 12.1. The van der Waals surface area contributed by atoms with E-state index in [4.69, 9.17) is 0 Å². The summed E-state index contributed by atoms with van der Waals surface area (Å²) in [5, 5.41) is 0. The van der Waals surface area contributed by atoms with E-state index in [0.29, 0.717) is 0 Å². The summed E-state index contributed by atoms with van der Waals surface area (Å²) >= 11 is 0.